The Morgan fingerprint density at radius 3 is 2.52 bits per heavy atom. The van der Waals surface area contributed by atoms with Crippen LogP contribution in [0.2, 0.25) is 0 Å². The number of aryl methyl sites for hydroxylation is 1. The molecule has 6 nitrogen and oxygen atoms in total. The second-order valence-corrected chi connectivity index (χ2v) is 5.70. The van der Waals surface area contributed by atoms with Crippen molar-refractivity contribution in [2.45, 2.75) is 26.9 Å². The maximum Gasteiger partial charge on any atom is 0.332 e. The first kappa shape index (κ1) is 15.5. The molecule has 2 aromatic rings. The smallest absolute Gasteiger partial charge is 0.309 e. The van der Waals surface area contributed by atoms with E-state index in [1.54, 1.807) is 11.6 Å². The summed E-state index contributed by atoms with van der Waals surface area (Å²) in [6, 6.07) is 0. The average molecular weight is 353 g/mol. The number of hydrogen-bond donors (Lipinski definition) is 0. The van der Waals surface area contributed by atoms with Gasteiger partial charge in [-0.25, -0.2) is 9.78 Å². The van der Waals surface area contributed by atoms with E-state index in [0.717, 1.165) is 10.1 Å². The fraction of sp³-hybridized carbons (Fsp3) is 0.357. The Morgan fingerprint density at radius 1 is 1.29 bits per heavy atom. The molecule has 0 aliphatic heterocycles. The normalized spacial score (nSPS) is 10.9. The van der Waals surface area contributed by atoms with Gasteiger partial charge >= 0.3 is 5.69 Å². The molecule has 0 amide bonds. The molecule has 0 fully saturated rings. The molecule has 0 radical (unpaired) electrons. The van der Waals surface area contributed by atoms with Crippen molar-refractivity contribution in [3.63, 3.8) is 0 Å². The Hall–Kier alpha value is -1.89. The van der Waals surface area contributed by atoms with Crippen LogP contribution in [0.25, 0.3) is 11.2 Å². The first-order valence-corrected chi connectivity index (χ1v) is 7.27. The largest absolute Gasteiger partial charge is 0.332 e. The summed E-state index contributed by atoms with van der Waals surface area (Å²) in [5.41, 5.74) is 1.17. The van der Waals surface area contributed by atoms with Gasteiger partial charge in [-0.3, -0.25) is 13.9 Å². The molecule has 7 heteroatoms. The highest BCUT2D eigenvalue weighted by Crippen LogP contribution is 2.16. The molecule has 0 N–H and O–H groups in total. The Kier molecular flexibility index (Phi) is 4.32. The lowest BCUT2D eigenvalue weighted by Crippen LogP contribution is -2.39. The maximum absolute atomic E-state index is 12.6. The van der Waals surface area contributed by atoms with Crippen molar-refractivity contribution < 1.29 is 0 Å². The van der Waals surface area contributed by atoms with Crippen LogP contribution in [-0.4, -0.2) is 18.7 Å². The predicted molar refractivity (Wildman–Crippen MR) is 86.6 cm³/mol. The van der Waals surface area contributed by atoms with E-state index in [1.807, 2.05) is 19.9 Å². The lowest BCUT2D eigenvalue weighted by molar-refractivity contribution is 0.664. The topological polar surface area (TPSA) is 61.8 Å². The minimum absolute atomic E-state index is 0.174. The van der Waals surface area contributed by atoms with Crippen LogP contribution in [0.1, 0.15) is 13.8 Å². The molecule has 2 aromatic heterocycles. The number of rotatable bonds is 4. The molecular weight excluding hydrogens is 336 g/mol. The number of imidazole rings is 1. The van der Waals surface area contributed by atoms with Gasteiger partial charge in [0.25, 0.3) is 5.56 Å². The van der Waals surface area contributed by atoms with Crippen LogP contribution < -0.4 is 11.2 Å². The van der Waals surface area contributed by atoms with Gasteiger partial charge in [-0.05, 0) is 29.8 Å². The van der Waals surface area contributed by atoms with Crippen LogP contribution in [0.4, 0.5) is 0 Å². The zero-order valence-corrected chi connectivity index (χ0v) is 13.8. The molecule has 0 bridgehead atoms. The minimum Gasteiger partial charge on any atom is -0.309 e. The highest BCUT2D eigenvalue weighted by atomic mass is 79.9. The second-order valence-electron chi connectivity index (χ2n) is 4.99. The first-order valence-electron chi connectivity index (χ1n) is 6.48. The predicted octanol–water partition coefficient (Wildman–Crippen LogP) is 1.81. The number of hydrogen-bond acceptors (Lipinski definition) is 3. The molecule has 0 aliphatic carbocycles. The summed E-state index contributed by atoms with van der Waals surface area (Å²) in [7, 11) is 1.61. The van der Waals surface area contributed by atoms with E-state index in [-0.39, 0.29) is 12.1 Å². The fourth-order valence-corrected chi connectivity index (χ4v) is 2.57. The molecule has 0 unspecified atom stereocenters. The summed E-state index contributed by atoms with van der Waals surface area (Å²) in [6.45, 7) is 8.24. The highest BCUT2D eigenvalue weighted by Gasteiger charge is 2.18. The first-order chi connectivity index (χ1) is 9.88. The molecular formula is C14H17BrN4O2. The Morgan fingerprint density at radius 2 is 1.95 bits per heavy atom. The Bertz CT molecular complexity index is 850. The van der Waals surface area contributed by atoms with Crippen LogP contribution in [0.3, 0.4) is 0 Å². The van der Waals surface area contributed by atoms with E-state index in [0.29, 0.717) is 22.4 Å². The van der Waals surface area contributed by atoms with E-state index in [4.69, 9.17) is 0 Å². The average Bonchev–Trinajstić information content (AvgIpc) is 2.76. The van der Waals surface area contributed by atoms with Crippen molar-refractivity contribution in [3.8, 4) is 0 Å². The van der Waals surface area contributed by atoms with Gasteiger partial charge in [0.15, 0.2) is 15.9 Å². The fourth-order valence-electron chi connectivity index (χ4n) is 2.08. The van der Waals surface area contributed by atoms with Crippen LogP contribution >= 0.6 is 15.9 Å². The number of halogens is 1. The molecule has 0 spiro atoms. The third kappa shape index (κ3) is 2.65. The third-order valence-electron chi connectivity index (χ3n) is 3.18. The second kappa shape index (κ2) is 5.85. The van der Waals surface area contributed by atoms with Gasteiger partial charge in [-0.1, -0.05) is 17.7 Å². The van der Waals surface area contributed by atoms with Crippen molar-refractivity contribution in [1.82, 2.24) is 18.7 Å². The number of aromatic nitrogens is 4. The van der Waals surface area contributed by atoms with Crippen molar-refractivity contribution in [2.24, 2.45) is 7.05 Å². The van der Waals surface area contributed by atoms with Crippen molar-refractivity contribution in [1.29, 1.82) is 0 Å². The zero-order chi connectivity index (χ0) is 15.7. The van der Waals surface area contributed by atoms with Crippen molar-refractivity contribution >= 4 is 27.1 Å². The number of nitrogens with zero attached hydrogens (tertiary/aromatic N) is 4. The molecule has 21 heavy (non-hydrogen) atoms. The van der Waals surface area contributed by atoms with E-state index in [9.17, 15) is 9.59 Å². The van der Waals surface area contributed by atoms with Crippen molar-refractivity contribution in [2.75, 3.05) is 0 Å². The van der Waals surface area contributed by atoms with E-state index >= 15 is 0 Å². The van der Waals surface area contributed by atoms with Crippen molar-refractivity contribution in [3.05, 3.63) is 49.9 Å². The van der Waals surface area contributed by atoms with E-state index in [2.05, 4.69) is 27.5 Å². The molecule has 0 aliphatic rings. The summed E-state index contributed by atoms with van der Waals surface area (Å²) < 4.78 is 4.81. The molecule has 0 atom stereocenters. The number of allylic oxidation sites excluding steroid dienone is 3. The summed E-state index contributed by atoms with van der Waals surface area (Å²) >= 11 is 3.36. The summed E-state index contributed by atoms with van der Waals surface area (Å²) in [6.07, 6.45) is 3.52. The standard InChI is InChI=1S/C14H17BrN4O2/c1-5-7-19-12(20)10-11(17(4)14(19)21)16-13(15)18(10)8-6-9(2)3/h5-6H,1,7-8H2,2-4H3. The van der Waals surface area contributed by atoms with Crippen LogP contribution in [0, 0.1) is 0 Å². The van der Waals surface area contributed by atoms with Gasteiger partial charge in [0.2, 0.25) is 0 Å². The molecule has 0 aromatic carbocycles. The SMILES string of the molecule is C=CCn1c(=O)c2c(nc(Br)n2CC=C(C)C)n(C)c1=O. The van der Waals surface area contributed by atoms with E-state index < -0.39 is 5.69 Å². The monoisotopic (exact) mass is 352 g/mol. The quantitative estimate of drug-likeness (QED) is 0.622. The molecule has 112 valence electrons. The van der Waals surface area contributed by atoms with Gasteiger partial charge in [0.1, 0.15) is 0 Å². The van der Waals surface area contributed by atoms with Gasteiger partial charge in [0.05, 0.1) is 0 Å². The Labute approximate surface area is 130 Å². The molecule has 0 saturated carbocycles. The minimum atomic E-state index is -0.397. The van der Waals surface area contributed by atoms with E-state index in [1.165, 1.54) is 10.6 Å². The van der Waals surface area contributed by atoms with Gasteiger partial charge in [0, 0.05) is 20.1 Å². The number of fused-ring (bicyclic) bond motifs is 1. The molecule has 0 saturated heterocycles. The summed E-state index contributed by atoms with van der Waals surface area (Å²) in [5.74, 6) is 0. The summed E-state index contributed by atoms with van der Waals surface area (Å²) in [4.78, 5) is 29.0. The lowest BCUT2D eigenvalue weighted by atomic mass is 10.3. The van der Waals surface area contributed by atoms with Gasteiger partial charge in [-0.15, -0.1) is 6.58 Å². The maximum atomic E-state index is 12.6. The van der Waals surface area contributed by atoms with Gasteiger partial charge < -0.3 is 4.57 Å². The van der Waals surface area contributed by atoms with Crippen LogP contribution in [-0.2, 0) is 20.1 Å². The zero-order valence-electron chi connectivity index (χ0n) is 12.3. The molecule has 2 rings (SSSR count). The third-order valence-corrected chi connectivity index (χ3v) is 3.79. The summed E-state index contributed by atoms with van der Waals surface area (Å²) in [5, 5.41) is 0. The van der Waals surface area contributed by atoms with Gasteiger partial charge in [-0.2, -0.15) is 0 Å². The molecule has 2 heterocycles. The lowest BCUT2D eigenvalue weighted by Gasteiger charge is -2.07. The van der Waals surface area contributed by atoms with Crippen LogP contribution in [0.5, 0.6) is 0 Å². The highest BCUT2D eigenvalue weighted by molar-refractivity contribution is 9.10. The Balaban J connectivity index is 2.87. The van der Waals surface area contributed by atoms with Crippen LogP contribution in [0.15, 0.2) is 38.6 Å².